The van der Waals surface area contributed by atoms with Gasteiger partial charge < -0.3 is 16.4 Å². The number of carbonyl (C=O) groups is 1. The number of amides is 1. The monoisotopic (exact) mass is 259 g/mol. The van der Waals surface area contributed by atoms with Crippen molar-refractivity contribution >= 4 is 23.0 Å². The second kappa shape index (κ2) is 4.97. The molecule has 0 atom stereocenters. The molecule has 0 aliphatic carbocycles. The van der Waals surface area contributed by atoms with E-state index in [0.717, 1.165) is 0 Å². The summed E-state index contributed by atoms with van der Waals surface area (Å²) in [6.07, 6.45) is 0. The summed E-state index contributed by atoms with van der Waals surface area (Å²) in [6, 6.07) is 10.7. The molecular formula is C14H14FN3O. The lowest BCUT2D eigenvalue weighted by molar-refractivity contribution is 0.0993. The Bertz CT molecular complexity index is 628. The Hall–Kier alpha value is -2.56. The van der Waals surface area contributed by atoms with Crippen LogP contribution in [0.1, 0.15) is 10.4 Å². The Kier molecular flexibility index (Phi) is 3.37. The normalized spacial score (nSPS) is 10.2. The molecule has 0 unspecified atom stereocenters. The largest absolute Gasteiger partial charge is 0.399 e. The minimum atomic E-state index is -0.465. The van der Waals surface area contributed by atoms with Crippen molar-refractivity contribution in [3.63, 3.8) is 0 Å². The molecule has 0 heterocycles. The Morgan fingerprint density at radius 2 is 1.84 bits per heavy atom. The van der Waals surface area contributed by atoms with Crippen molar-refractivity contribution in [2.75, 3.05) is 23.4 Å². The third kappa shape index (κ3) is 2.49. The number of benzene rings is 2. The van der Waals surface area contributed by atoms with Gasteiger partial charge in [0.05, 0.1) is 11.3 Å². The SMILES string of the molecule is CN(C(=O)c1ccc(N)cc1N)c1ccccc1F. The Balaban J connectivity index is 2.37. The second-order valence-corrected chi connectivity index (χ2v) is 4.16. The van der Waals surface area contributed by atoms with Crippen molar-refractivity contribution < 1.29 is 9.18 Å². The number of rotatable bonds is 2. The fourth-order valence-corrected chi connectivity index (χ4v) is 1.79. The molecule has 4 N–H and O–H groups in total. The number of nitrogen functional groups attached to an aromatic ring is 2. The van der Waals surface area contributed by atoms with E-state index in [9.17, 15) is 9.18 Å². The molecule has 0 radical (unpaired) electrons. The quantitative estimate of drug-likeness (QED) is 0.812. The zero-order chi connectivity index (χ0) is 14.0. The highest BCUT2D eigenvalue weighted by molar-refractivity contribution is 6.09. The van der Waals surface area contributed by atoms with E-state index < -0.39 is 5.82 Å². The average Bonchev–Trinajstić information content (AvgIpc) is 2.38. The molecule has 0 bridgehead atoms. The van der Waals surface area contributed by atoms with Crippen LogP contribution < -0.4 is 16.4 Å². The number of para-hydroxylation sites is 1. The first kappa shape index (κ1) is 12.9. The van der Waals surface area contributed by atoms with Gasteiger partial charge in [0.1, 0.15) is 5.82 Å². The third-order valence-electron chi connectivity index (χ3n) is 2.82. The van der Waals surface area contributed by atoms with E-state index in [1.807, 2.05) is 0 Å². The predicted molar refractivity (Wildman–Crippen MR) is 74.4 cm³/mol. The van der Waals surface area contributed by atoms with E-state index >= 15 is 0 Å². The number of halogens is 1. The van der Waals surface area contributed by atoms with E-state index in [0.29, 0.717) is 11.3 Å². The Labute approximate surface area is 110 Å². The van der Waals surface area contributed by atoms with Gasteiger partial charge in [0.2, 0.25) is 0 Å². The molecular weight excluding hydrogens is 245 g/mol. The first-order chi connectivity index (χ1) is 9.00. The summed E-state index contributed by atoms with van der Waals surface area (Å²) in [7, 11) is 1.50. The van der Waals surface area contributed by atoms with Crippen LogP contribution in [0.3, 0.4) is 0 Å². The van der Waals surface area contributed by atoms with Crippen molar-refractivity contribution in [2.24, 2.45) is 0 Å². The highest BCUT2D eigenvalue weighted by Crippen LogP contribution is 2.22. The van der Waals surface area contributed by atoms with Gasteiger partial charge in [0, 0.05) is 18.4 Å². The highest BCUT2D eigenvalue weighted by atomic mass is 19.1. The molecule has 4 nitrogen and oxygen atoms in total. The van der Waals surface area contributed by atoms with Crippen LogP contribution >= 0.6 is 0 Å². The fourth-order valence-electron chi connectivity index (χ4n) is 1.79. The van der Waals surface area contributed by atoms with Crippen LogP contribution in [0.5, 0.6) is 0 Å². The minimum Gasteiger partial charge on any atom is -0.399 e. The van der Waals surface area contributed by atoms with Gasteiger partial charge >= 0.3 is 0 Å². The van der Waals surface area contributed by atoms with Gasteiger partial charge in [-0.3, -0.25) is 4.79 Å². The summed E-state index contributed by atoms with van der Waals surface area (Å²) in [4.78, 5) is 13.5. The number of anilines is 3. The summed E-state index contributed by atoms with van der Waals surface area (Å²) in [5.41, 5.74) is 12.6. The van der Waals surface area contributed by atoms with Gasteiger partial charge in [-0.1, -0.05) is 12.1 Å². The maximum absolute atomic E-state index is 13.6. The molecule has 0 aromatic heterocycles. The molecule has 1 amide bonds. The van der Waals surface area contributed by atoms with Crippen LogP contribution in [0.15, 0.2) is 42.5 Å². The fraction of sp³-hybridized carbons (Fsp3) is 0.0714. The number of nitrogens with zero attached hydrogens (tertiary/aromatic N) is 1. The molecule has 0 saturated carbocycles. The molecule has 0 fully saturated rings. The topological polar surface area (TPSA) is 72.3 Å². The first-order valence-electron chi connectivity index (χ1n) is 5.68. The highest BCUT2D eigenvalue weighted by Gasteiger charge is 2.18. The number of hydrogen-bond donors (Lipinski definition) is 2. The van der Waals surface area contributed by atoms with Crippen molar-refractivity contribution in [3.8, 4) is 0 Å². The second-order valence-electron chi connectivity index (χ2n) is 4.16. The zero-order valence-electron chi connectivity index (χ0n) is 10.4. The number of hydrogen-bond acceptors (Lipinski definition) is 3. The zero-order valence-corrected chi connectivity index (χ0v) is 10.4. The molecule has 2 aromatic rings. The van der Waals surface area contributed by atoms with Gasteiger partial charge in [-0.15, -0.1) is 0 Å². The Morgan fingerprint density at radius 1 is 1.16 bits per heavy atom. The molecule has 0 aliphatic heterocycles. The van der Waals surface area contributed by atoms with Gasteiger partial charge in [0.25, 0.3) is 5.91 Å². The molecule has 2 rings (SSSR count). The van der Waals surface area contributed by atoms with Crippen LogP contribution in [-0.4, -0.2) is 13.0 Å². The summed E-state index contributed by atoms with van der Waals surface area (Å²) >= 11 is 0. The molecule has 5 heteroatoms. The van der Waals surface area contributed by atoms with E-state index in [-0.39, 0.29) is 17.3 Å². The molecule has 0 aliphatic rings. The van der Waals surface area contributed by atoms with Crippen LogP contribution in [0.2, 0.25) is 0 Å². The number of nitrogens with two attached hydrogens (primary N) is 2. The average molecular weight is 259 g/mol. The lowest BCUT2D eigenvalue weighted by Crippen LogP contribution is -2.27. The van der Waals surface area contributed by atoms with Crippen molar-refractivity contribution in [3.05, 3.63) is 53.8 Å². The molecule has 2 aromatic carbocycles. The summed E-state index contributed by atoms with van der Waals surface area (Å²) < 4.78 is 13.6. The summed E-state index contributed by atoms with van der Waals surface area (Å²) in [5, 5.41) is 0. The number of carbonyl (C=O) groups excluding carboxylic acids is 1. The van der Waals surface area contributed by atoms with Crippen LogP contribution in [0, 0.1) is 5.82 Å². The van der Waals surface area contributed by atoms with Crippen LogP contribution in [0.25, 0.3) is 0 Å². The summed E-state index contributed by atoms with van der Waals surface area (Å²) in [5.74, 6) is -0.852. The first-order valence-corrected chi connectivity index (χ1v) is 5.68. The van der Waals surface area contributed by atoms with Crippen molar-refractivity contribution in [1.82, 2.24) is 0 Å². The lowest BCUT2D eigenvalue weighted by atomic mass is 10.1. The third-order valence-corrected chi connectivity index (χ3v) is 2.82. The van der Waals surface area contributed by atoms with E-state index in [1.165, 1.54) is 36.2 Å². The maximum atomic E-state index is 13.6. The molecule has 19 heavy (non-hydrogen) atoms. The van der Waals surface area contributed by atoms with Gasteiger partial charge in [-0.2, -0.15) is 0 Å². The lowest BCUT2D eigenvalue weighted by Gasteiger charge is -2.19. The molecule has 0 spiro atoms. The predicted octanol–water partition coefficient (Wildman–Crippen LogP) is 2.27. The van der Waals surface area contributed by atoms with Crippen molar-refractivity contribution in [1.29, 1.82) is 0 Å². The molecule has 98 valence electrons. The molecule has 0 saturated heterocycles. The Morgan fingerprint density at radius 3 is 2.47 bits per heavy atom. The maximum Gasteiger partial charge on any atom is 0.260 e. The van der Waals surface area contributed by atoms with Gasteiger partial charge in [0.15, 0.2) is 0 Å². The van der Waals surface area contributed by atoms with E-state index in [1.54, 1.807) is 18.2 Å². The summed E-state index contributed by atoms with van der Waals surface area (Å²) in [6.45, 7) is 0. The minimum absolute atomic E-state index is 0.198. The van der Waals surface area contributed by atoms with Gasteiger partial charge in [-0.05, 0) is 30.3 Å². The van der Waals surface area contributed by atoms with Crippen molar-refractivity contribution in [2.45, 2.75) is 0 Å². The van der Waals surface area contributed by atoms with E-state index in [4.69, 9.17) is 11.5 Å². The van der Waals surface area contributed by atoms with Crippen LogP contribution in [-0.2, 0) is 0 Å². The van der Waals surface area contributed by atoms with Crippen LogP contribution in [0.4, 0.5) is 21.5 Å². The van der Waals surface area contributed by atoms with E-state index in [2.05, 4.69) is 0 Å². The smallest absolute Gasteiger partial charge is 0.260 e. The standard InChI is InChI=1S/C14H14FN3O/c1-18(13-5-3-2-4-11(13)15)14(19)10-7-6-9(16)8-12(10)17/h2-8H,16-17H2,1H3. The van der Waals surface area contributed by atoms with Gasteiger partial charge in [-0.25, -0.2) is 4.39 Å².